The Labute approximate surface area is 133 Å². The molecule has 0 aromatic carbocycles. The second-order valence-corrected chi connectivity index (χ2v) is 5.79. The van der Waals surface area contributed by atoms with Gasteiger partial charge in [-0.1, -0.05) is 29.6 Å². The van der Waals surface area contributed by atoms with Crippen LogP contribution in [0.5, 0.6) is 0 Å². The second kappa shape index (κ2) is 6.44. The monoisotopic (exact) mass is 320 g/mol. The molecule has 0 unspecified atom stereocenters. The Hall–Kier alpha value is -1.95. The van der Waals surface area contributed by atoms with Gasteiger partial charge in [-0.25, -0.2) is 4.98 Å². The zero-order chi connectivity index (χ0) is 15.5. The third-order valence-electron chi connectivity index (χ3n) is 3.83. The minimum Gasteiger partial charge on any atom is -0.340 e. The molecular formula is C15H17ClN4O2. The molecule has 6 nitrogen and oxygen atoms in total. The summed E-state index contributed by atoms with van der Waals surface area (Å²) in [5.41, 5.74) is 0.534. The quantitative estimate of drug-likeness (QED) is 0.795. The number of halogens is 1. The summed E-state index contributed by atoms with van der Waals surface area (Å²) in [6.07, 6.45) is 5.48. The van der Waals surface area contributed by atoms with Crippen molar-refractivity contribution in [2.45, 2.75) is 38.6 Å². The van der Waals surface area contributed by atoms with Crippen LogP contribution in [-0.2, 0) is 0 Å². The van der Waals surface area contributed by atoms with Gasteiger partial charge >= 0.3 is 0 Å². The molecule has 116 valence electrons. The highest BCUT2D eigenvalue weighted by atomic mass is 35.5. The summed E-state index contributed by atoms with van der Waals surface area (Å²) in [7, 11) is 0. The average molecular weight is 321 g/mol. The lowest BCUT2D eigenvalue weighted by Gasteiger charge is -2.27. The Kier molecular flexibility index (Phi) is 4.38. The zero-order valence-electron chi connectivity index (χ0n) is 12.3. The van der Waals surface area contributed by atoms with Gasteiger partial charge in [0.25, 0.3) is 5.91 Å². The molecule has 2 aromatic rings. The highest BCUT2D eigenvalue weighted by molar-refractivity contribution is 6.29. The highest BCUT2D eigenvalue weighted by Gasteiger charge is 2.30. The van der Waals surface area contributed by atoms with Crippen molar-refractivity contribution in [3.63, 3.8) is 0 Å². The molecular weight excluding hydrogens is 304 g/mol. The molecule has 0 N–H and O–H groups in total. The van der Waals surface area contributed by atoms with Crippen molar-refractivity contribution in [3.05, 3.63) is 40.8 Å². The molecule has 1 atom stereocenters. The Morgan fingerprint density at radius 3 is 3.00 bits per heavy atom. The molecule has 7 heteroatoms. The molecule has 3 heterocycles. The first kappa shape index (κ1) is 15.0. The van der Waals surface area contributed by atoms with Crippen LogP contribution in [0.15, 0.2) is 22.9 Å². The third-order valence-corrected chi connectivity index (χ3v) is 4.04. The minimum atomic E-state index is -0.153. The van der Waals surface area contributed by atoms with Gasteiger partial charge in [-0.15, -0.1) is 0 Å². The Balaban J connectivity index is 1.91. The van der Waals surface area contributed by atoms with Crippen LogP contribution in [0.2, 0.25) is 5.15 Å². The molecule has 1 fully saturated rings. The maximum atomic E-state index is 12.8. The molecule has 0 spiro atoms. The number of aryl methyl sites for hydroxylation is 1. The van der Waals surface area contributed by atoms with Crippen molar-refractivity contribution in [2.24, 2.45) is 0 Å². The van der Waals surface area contributed by atoms with Crippen LogP contribution in [-0.4, -0.2) is 32.5 Å². The van der Waals surface area contributed by atoms with E-state index >= 15 is 0 Å². The van der Waals surface area contributed by atoms with Crippen LogP contribution in [0.3, 0.4) is 0 Å². The molecule has 1 aliphatic rings. The van der Waals surface area contributed by atoms with Crippen LogP contribution in [0.25, 0.3) is 0 Å². The lowest BCUT2D eigenvalue weighted by atomic mass is 10.1. The number of carbonyl (C=O) groups is 1. The normalized spacial score (nSPS) is 19.0. The molecule has 0 bridgehead atoms. The fourth-order valence-electron chi connectivity index (χ4n) is 2.77. The molecule has 1 saturated heterocycles. The molecule has 0 saturated carbocycles. The van der Waals surface area contributed by atoms with Crippen molar-refractivity contribution in [3.8, 4) is 0 Å². The van der Waals surface area contributed by atoms with Gasteiger partial charge in [-0.2, -0.15) is 4.98 Å². The Morgan fingerprint density at radius 1 is 1.41 bits per heavy atom. The number of pyridine rings is 1. The van der Waals surface area contributed by atoms with E-state index in [1.807, 2.05) is 4.90 Å². The van der Waals surface area contributed by atoms with E-state index in [-0.39, 0.29) is 11.9 Å². The topological polar surface area (TPSA) is 72.1 Å². The minimum absolute atomic E-state index is 0.0707. The largest absolute Gasteiger partial charge is 0.340 e. The number of carbonyl (C=O) groups excluding carboxylic acids is 1. The van der Waals surface area contributed by atoms with Crippen molar-refractivity contribution in [2.75, 3.05) is 6.54 Å². The van der Waals surface area contributed by atoms with Crippen molar-refractivity contribution < 1.29 is 9.32 Å². The maximum Gasteiger partial charge on any atom is 0.254 e. The standard InChI is InChI=1S/C15H17ClN4O2/c1-10-18-14(19-22-10)12-5-3-2-4-8-20(12)15(21)11-6-7-17-13(16)9-11/h6-7,9,12H,2-5,8H2,1H3/t12-/m1/s1. The van der Waals surface area contributed by atoms with Gasteiger partial charge in [0.05, 0.1) is 6.04 Å². The predicted molar refractivity (Wildman–Crippen MR) is 80.5 cm³/mol. The van der Waals surface area contributed by atoms with Crippen molar-refractivity contribution in [1.29, 1.82) is 0 Å². The van der Waals surface area contributed by atoms with Gasteiger partial charge in [-0.05, 0) is 25.0 Å². The second-order valence-electron chi connectivity index (χ2n) is 5.40. The Bertz CT molecular complexity index is 673. The van der Waals surface area contributed by atoms with Gasteiger partial charge in [0.2, 0.25) is 5.89 Å². The lowest BCUT2D eigenvalue weighted by molar-refractivity contribution is 0.0670. The van der Waals surface area contributed by atoms with E-state index in [1.165, 1.54) is 0 Å². The number of hydrogen-bond donors (Lipinski definition) is 0. The fraction of sp³-hybridized carbons (Fsp3) is 0.467. The molecule has 2 aromatic heterocycles. The van der Waals surface area contributed by atoms with Gasteiger partial charge in [0, 0.05) is 25.2 Å². The number of nitrogens with zero attached hydrogens (tertiary/aromatic N) is 4. The first-order valence-corrected chi connectivity index (χ1v) is 7.75. The van der Waals surface area contributed by atoms with Crippen LogP contribution in [0, 0.1) is 6.92 Å². The van der Waals surface area contributed by atoms with Crippen LogP contribution in [0.4, 0.5) is 0 Å². The van der Waals surface area contributed by atoms with Crippen LogP contribution in [0.1, 0.15) is 53.8 Å². The van der Waals surface area contributed by atoms with Gasteiger partial charge in [0.1, 0.15) is 5.15 Å². The van der Waals surface area contributed by atoms with Gasteiger partial charge in [-0.3, -0.25) is 4.79 Å². The molecule has 1 amide bonds. The smallest absolute Gasteiger partial charge is 0.254 e. The van der Waals surface area contributed by atoms with E-state index in [0.29, 0.717) is 29.0 Å². The maximum absolute atomic E-state index is 12.8. The first-order chi connectivity index (χ1) is 10.6. The summed E-state index contributed by atoms with van der Waals surface area (Å²) in [4.78, 5) is 22.9. The number of hydrogen-bond acceptors (Lipinski definition) is 5. The summed E-state index contributed by atoms with van der Waals surface area (Å²) < 4.78 is 5.08. The molecule has 0 radical (unpaired) electrons. The number of amides is 1. The molecule has 1 aliphatic heterocycles. The summed E-state index contributed by atoms with van der Waals surface area (Å²) in [5.74, 6) is 1.02. The summed E-state index contributed by atoms with van der Waals surface area (Å²) >= 11 is 5.90. The first-order valence-electron chi connectivity index (χ1n) is 7.38. The Morgan fingerprint density at radius 2 is 2.27 bits per heavy atom. The van der Waals surface area contributed by atoms with E-state index in [2.05, 4.69) is 15.1 Å². The van der Waals surface area contributed by atoms with E-state index in [9.17, 15) is 4.79 Å². The van der Waals surface area contributed by atoms with Gasteiger partial charge < -0.3 is 9.42 Å². The van der Waals surface area contributed by atoms with E-state index in [4.69, 9.17) is 16.1 Å². The molecule has 0 aliphatic carbocycles. The van der Waals surface area contributed by atoms with E-state index in [0.717, 1.165) is 25.7 Å². The summed E-state index contributed by atoms with van der Waals surface area (Å²) in [5, 5.41) is 4.32. The third kappa shape index (κ3) is 3.11. The number of aromatic nitrogens is 3. The van der Waals surface area contributed by atoms with Crippen LogP contribution >= 0.6 is 11.6 Å². The summed E-state index contributed by atoms with van der Waals surface area (Å²) in [6.45, 7) is 2.43. The molecule has 22 heavy (non-hydrogen) atoms. The van der Waals surface area contributed by atoms with E-state index in [1.54, 1.807) is 25.3 Å². The number of rotatable bonds is 2. The molecule has 3 rings (SSSR count). The van der Waals surface area contributed by atoms with Gasteiger partial charge in [0.15, 0.2) is 5.82 Å². The van der Waals surface area contributed by atoms with Crippen molar-refractivity contribution >= 4 is 17.5 Å². The predicted octanol–water partition coefficient (Wildman–Crippen LogP) is 3.18. The highest BCUT2D eigenvalue weighted by Crippen LogP contribution is 2.30. The SMILES string of the molecule is Cc1nc([C@H]2CCCCCN2C(=O)c2ccnc(Cl)c2)no1. The average Bonchev–Trinajstić information content (AvgIpc) is 2.80. The summed E-state index contributed by atoms with van der Waals surface area (Å²) in [6, 6.07) is 3.12. The lowest BCUT2D eigenvalue weighted by Crippen LogP contribution is -2.35. The fourth-order valence-corrected chi connectivity index (χ4v) is 2.95. The van der Waals surface area contributed by atoms with E-state index < -0.39 is 0 Å². The zero-order valence-corrected chi connectivity index (χ0v) is 13.1. The van der Waals surface area contributed by atoms with Crippen molar-refractivity contribution in [1.82, 2.24) is 20.0 Å². The number of likely N-dealkylation sites (tertiary alicyclic amines) is 1. The van der Waals surface area contributed by atoms with Crippen LogP contribution < -0.4 is 0 Å².